The Kier molecular flexibility index (Phi) is 7.81. The van der Waals surface area contributed by atoms with Crippen LogP contribution in [-0.4, -0.2) is 48.6 Å². The molecule has 0 radical (unpaired) electrons. The van der Waals surface area contributed by atoms with Crippen molar-refractivity contribution in [3.05, 3.63) is 47.5 Å². The van der Waals surface area contributed by atoms with Gasteiger partial charge in [-0.2, -0.15) is 0 Å². The predicted octanol–water partition coefficient (Wildman–Crippen LogP) is -0.633. The van der Waals surface area contributed by atoms with Gasteiger partial charge in [0.1, 0.15) is 11.5 Å². The van der Waals surface area contributed by atoms with E-state index in [1.54, 1.807) is 12.1 Å². The first kappa shape index (κ1) is 20.1. The van der Waals surface area contributed by atoms with Crippen LogP contribution >= 0.6 is 0 Å². The summed E-state index contributed by atoms with van der Waals surface area (Å²) in [7, 11) is 0.143. The summed E-state index contributed by atoms with van der Waals surface area (Å²) >= 11 is 0. The average Bonchev–Trinajstić information content (AvgIpc) is 2.54. The molecule has 0 aliphatic carbocycles. The quantitative estimate of drug-likeness (QED) is 0.557. The number of hydrogen-bond acceptors (Lipinski definition) is 6. The van der Waals surface area contributed by atoms with Gasteiger partial charge < -0.3 is 29.6 Å². The van der Waals surface area contributed by atoms with Crippen molar-refractivity contribution in [2.45, 2.75) is 13.8 Å². The molecule has 2 aromatic rings. The molecule has 8 heteroatoms. The first-order valence-corrected chi connectivity index (χ1v) is 7.30. The molecule has 0 bridgehead atoms. The minimum absolute atomic E-state index is 0.344. The van der Waals surface area contributed by atoms with Crippen LogP contribution in [0.2, 0.25) is 0 Å². The summed E-state index contributed by atoms with van der Waals surface area (Å²) in [6.45, 7) is 3.84. The Morgan fingerprint density at radius 2 is 1.29 bits per heavy atom. The van der Waals surface area contributed by atoms with Gasteiger partial charge in [-0.05, 0) is 36.9 Å². The largest absolute Gasteiger partial charge is 0.497 e. The second-order valence-corrected chi connectivity index (χ2v) is 5.25. The van der Waals surface area contributed by atoms with Crippen LogP contribution in [0, 0.1) is 13.8 Å². The van der Waals surface area contributed by atoms with Gasteiger partial charge in [0.25, 0.3) is 0 Å². The highest BCUT2D eigenvalue weighted by molar-refractivity contribution is 6.59. The summed E-state index contributed by atoms with van der Waals surface area (Å²) < 4.78 is 9.89. The normalized spacial score (nSPS) is 9.67. The van der Waals surface area contributed by atoms with E-state index in [4.69, 9.17) is 29.6 Å². The summed E-state index contributed by atoms with van der Waals surface area (Å²) in [5.74, 6) is 1.06. The Bertz CT molecular complexity index is 639. The van der Waals surface area contributed by atoms with Crippen LogP contribution in [0.1, 0.15) is 11.1 Å². The van der Waals surface area contributed by atoms with E-state index in [0.717, 1.165) is 11.1 Å². The topological polar surface area (TPSA) is 99.4 Å². The number of aryl methyl sites for hydroxylation is 2. The van der Waals surface area contributed by atoms with Gasteiger partial charge in [-0.3, -0.25) is 0 Å². The molecular weight excluding hydrogens is 310 g/mol. The molecule has 0 saturated carbocycles. The van der Waals surface area contributed by atoms with Crippen LogP contribution < -0.4 is 20.4 Å². The van der Waals surface area contributed by atoms with Crippen LogP contribution in [0.3, 0.4) is 0 Å². The fraction of sp³-hybridized carbons (Fsp3) is 0.250. The van der Waals surface area contributed by atoms with E-state index in [0.29, 0.717) is 22.4 Å². The summed E-state index contributed by atoms with van der Waals surface area (Å²) in [5.41, 5.74) is 2.97. The van der Waals surface area contributed by atoms with E-state index in [9.17, 15) is 0 Å². The van der Waals surface area contributed by atoms with Gasteiger partial charge in [0.05, 0.1) is 14.2 Å². The van der Waals surface area contributed by atoms with Crippen molar-refractivity contribution in [1.82, 2.24) is 0 Å². The smallest absolute Gasteiger partial charge is 0.488 e. The Balaban J connectivity index is 0.000000243. The fourth-order valence-corrected chi connectivity index (χ4v) is 2.09. The Labute approximate surface area is 142 Å². The molecule has 0 atom stereocenters. The van der Waals surface area contributed by atoms with Crippen molar-refractivity contribution < 1.29 is 29.6 Å². The van der Waals surface area contributed by atoms with E-state index >= 15 is 0 Å². The van der Waals surface area contributed by atoms with Gasteiger partial charge in [-0.1, -0.05) is 29.3 Å². The molecule has 0 amide bonds. The summed E-state index contributed by atoms with van der Waals surface area (Å²) in [5, 5.41) is 35.5. The van der Waals surface area contributed by atoms with Crippen molar-refractivity contribution in [3.63, 3.8) is 0 Å². The second kappa shape index (κ2) is 9.34. The first-order valence-electron chi connectivity index (χ1n) is 7.30. The maximum Gasteiger partial charge on any atom is 0.488 e. The van der Waals surface area contributed by atoms with Crippen LogP contribution in [0.25, 0.3) is 0 Å². The molecule has 0 aliphatic rings. The maximum absolute atomic E-state index is 8.91. The lowest BCUT2D eigenvalue weighted by molar-refractivity contribution is 0.392. The number of benzene rings is 2. The third-order valence-corrected chi connectivity index (χ3v) is 3.38. The fourth-order valence-electron chi connectivity index (χ4n) is 2.09. The Morgan fingerprint density at radius 3 is 1.67 bits per heavy atom. The van der Waals surface area contributed by atoms with E-state index < -0.39 is 14.2 Å². The van der Waals surface area contributed by atoms with Crippen LogP contribution in [0.4, 0.5) is 0 Å². The molecule has 4 N–H and O–H groups in total. The zero-order valence-corrected chi connectivity index (χ0v) is 14.2. The van der Waals surface area contributed by atoms with E-state index in [1.807, 2.05) is 26.0 Å². The average molecular weight is 332 g/mol. The standard InChI is InChI=1S/C8H11BO4.C8H11BO2/c1-12-7-3-6(9(10)11)4-8(5-7)13-2;1-6-3-4-8(9(10)11)7(2)5-6/h3-5,10-11H,1-2H3;3-5,10-11H,1-2H3. The number of rotatable bonds is 4. The van der Waals surface area contributed by atoms with E-state index in [2.05, 4.69) is 0 Å². The number of ether oxygens (including phenoxy) is 2. The summed E-state index contributed by atoms with van der Waals surface area (Å²) in [4.78, 5) is 0. The highest BCUT2D eigenvalue weighted by atomic mass is 16.5. The van der Waals surface area contributed by atoms with Crippen LogP contribution in [-0.2, 0) is 0 Å². The number of hydrogen-bond donors (Lipinski definition) is 4. The van der Waals surface area contributed by atoms with Crippen molar-refractivity contribution in [3.8, 4) is 11.5 Å². The SMILES string of the molecule is COc1cc(OC)cc(B(O)O)c1.Cc1ccc(B(O)O)c(C)c1. The zero-order valence-electron chi connectivity index (χ0n) is 14.2. The summed E-state index contributed by atoms with van der Waals surface area (Å²) in [6, 6.07) is 10.2. The molecule has 2 aromatic carbocycles. The zero-order chi connectivity index (χ0) is 18.3. The highest BCUT2D eigenvalue weighted by Gasteiger charge is 2.13. The molecule has 0 aliphatic heterocycles. The molecule has 0 aromatic heterocycles. The Morgan fingerprint density at radius 1 is 0.750 bits per heavy atom. The molecule has 24 heavy (non-hydrogen) atoms. The van der Waals surface area contributed by atoms with Crippen molar-refractivity contribution in [2.24, 2.45) is 0 Å². The van der Waals surface area contributed by atoms with E-state index in [-0.39, 0.29) is 0 Å². The lowest BCUT2D eigenvalue weighted by Crippen LogP contribution is -2.31. The molecule has 6 nitrogen and oxygen atoms in total. The highest BCUT2D eigenvalue weighted by Crippen LogP contribution is 2.17. The molecule has 0 unspecified atom stereocenters. The van der Waals surface area contributed by atoms with Gasteiger partial charge in [0, 0.05) is 6.07 Å². The minimum Gasteiger partial charge on any atom is -0.497 e. The lowest BCUT2D eigenvalue weighted by atomic mass is 9.77. The summed E-state index contributed by atoms with van der Waals surface area (Å²) in [6.07, 6.45) is 0. The van der Waals surface area contributed by atoms with E-state index in [1.165, 1.54) is 26.4 Å². The lowest BCUT2D eigenvalue weighted by Gasteiger charge is -2.07. The van der Waals surface area contributed by atoms with Crippen molar-refractivity contribution >= 4 is 25.2 Å². The number of methoxy groups -OCH3 is 2. The molecule has 0 spiro atoms. The second-order valence-electron chi connectivity index (χ2n) is 5.25. The van der Waals surface area contributed by atoms with Gasteiger partial charge in [-0.25, -0.2) is 0 Å². The van der Waals surface area contributed by atoms with Gasteiger partial charge in [-0.15, -0.1) is 0 Å². The predicted molar refractivity (Wildman–Crippen MR) is 95.1 cm³/mol. The molecule has 0 saturated heterocycles. The van der Waals surface area contributed by atoms with Crippen molar-refractivity contribution in [2.75, 3.05) is 14.2 Å². The molecule has 2 rings (SSSR count). The van der Waals surface area contributed by atoms with Gasteiger partial charge >= 0.3 is 14.2 Å². The third kappa shape index (κ3) is 5.90. The molecule has 128 valence electrons. The van der Waals surface area contributed by atoms with Crippen molar-refractivity contribution in [1.29, 1.82) is 0 Å². The van der Waals surface area contributed by atoms with Crippen LogP contribution in [0.5, 0.6) is 11.5 Å². The molecular formula is C16H22B2O6. The molecule has 0 heterocycles. The van der Waals surface area contributed by atoms with Gasteiger partial charge in [0.2, 0.25) is 0 Å². The third-order valence-electron chi connectivity index (χ3n) is 3.38. The van der Waals surface area contributed by atoms with Crippen LogP contribution in [0.15, 0.2) is 36.4 Å². The first-order chi connectivity index (χ1) is 11.3. The minimum atomic E-state index is -1.51. The molecule has 0 fully saturated rings. The Hall–Kier alpha value is -1.99. The monoisotopic (exact) mass is 332 g/mol. The van der Waals surface area contributed by atoms with Gasteiger partial charge in [0.15, 0.2) is 0 Å². The maximum atomic E-state index is 8.91.